The maximum absolute atomic E-state index is 13.9. The molecule has 2 heterocycles. The van der Waals surface area contributed by atoms with Crippen LogP contribution in [0.25, 0.3) is 11.6 Å². The summed E-state index contributed by atoms with van der Waals surface area (Å²) in [5.74, 6) is -1.64. The van der Waals surface area contributed by atoms with E-state index in [1.807, 2.05) is 0 Å². The van der Waals surface area contributed by atoms with E-state index < -0.39 is 23.5 Å². The molecule has 1 atom stereocenters. The van der Waals surface area contributed by atoms with Crippen LogP contribution in [0.15, 0.2) is 52.5 Å². The van der Waals surface area contributed by atoms with Gasteiger partial charge in [0, 0.05) is 20.1 Å². The molecule has 0 amide bonds. The molecule has 0 radical (unpaired) electrons. The molecule has 7 nitrogen and oxygen atoms in total. The van der Waals surface area contributed by atoms with E-state index in [4.69, 9.17) is 61.6 Å². The number of hydrogen-bond acceptors (Lipinski definition) is 7. The Hall–Kier alpha value is -2.75. The number of esters is 2. The second-order valence-corrected chi connectivity index (χ2v) is 10.5. The first kappa shape index (κ1) is 27.3. The zero-order chi connectivity index (χ0) is 27.0. The summed E-state index contributed by atoms with van der Waals surface area (Å²) in [5, 5.41) is 1.29. The van der Waals surface area contributed by atoms with E-state index in [0.717, 1.165) is 11.3 Å². The minimum absolute atomic E-state index is 0.0462. The molecule has 4 rings (SSSR count). The summed E-state index contributed by atoms with van der Waals surface area (Å²) < 4.78 is 11.9. The molecule has 192 valence electrons. The Bertz CT molecular complexity index is 1660. The van der Waals surface area contributed by atoms with Gasteiger partial charge >= 0.3 is 11.9 Å². The predicted molar refractivity (Wildman–Crippen MR) is 146 cm³/mol. The zero-order valence-corrected chi connectivity index (χ0v) is 23.2. The monoisotopic (exact) mass is 598 g/mol. The van der Waals surface area contributed by atoms with E-state index in [2.05, 4.69) is 0 Å². The Balaban J connectivity index is 2.15. The first-order chi connectivity index (χ1) is 17.6. The van der Waals surface area contributed by atoms with Gasteiger partial charge in [0.2, 0.25) is 0 Å². The van der Waals surface area contributed by atoms with Crippen molar-refractivity contribution < 1.29 is 19.1 Å². The molecule has 0 saturated carbocycles. The fraction of sp³-hybridized carbons (Fsp3) is 0.160. The summed E-state index contributed by atoms with van der Waals surface area (Å²) in [6.07, 6.45) is 1.56. The number of methoxy groups -OCH3 is 1. The minimum Gasteiger partial charge on any atom is -0.466 e. The van der Waals surface area contributed by atoms with Crippen molar-refractivity contribution in [2.75, 3.05) is 13.7 Å². The summed E-state index contributed by atoms with van der Waals surface area (Å²) >= 11 is 25.9. The Kier molecular flexibility index (Phi) is 8.06. The van der Waals surface area contributed by atoms with Crippen LogP contribution in [0.5, 0.6) is 0 Å². The molecule has 2 aromatic carbocycles. The number of halogens is 4. The maximum Gasteiger partial charge on any atom is 0.343 e. The molecular formula is C25H18Cl4N2O5S. The van der Waals surface area contributed by atoms with Gasteiger partial charge in [0.15, 0.2) is 0 Å². The number of hydrogen-bond donors (Lipinski definition) is 1. The van der Waals surface area contributed by atoms with Gasteiger partial charge in [-0.25, -0.2) is 9.59 Å². The third-order valence-corrected chi connectivity index (χ3v) is 7.78. The van der Waals surface area contributed by atoms with Gasteiger partial charge in [-0.15, -0.1) is 11.3 Å². The third kappa shape index (κ3) is 5.04. The minimum atomic E-state index is -1.11. The molecule has 0 unspecified atom stereocenters. The van der Waals surface area contributed by atoms with E-state index >= 15 is 0 Å². The third-order valence-electron chi connectivity index (χ3n) is 5.55. The zero-order valence-electron chi connectivity index (χ0n) is 19.3. The molecule has 1 aliphatic heterocycles. The van der Waals surface area contributed by atoms with Crippen molar-refractivity contribution in [3.05, 3.63) is 98.4 Å². The van der Waals surface area contributed by atoms with Crippen LogP contribution in [0.2, 0.25) is 20.1 Å². The number of nitrogens with zero attached hydrogens (tertiary/aromatic N) is 1. The fourth-order valence-corrected chi connectivity index (χ4v) is 6.08. The van der Waals surface area contributed by atoms with Crippen LogP contribution in [0, 0.1) is 0 Å². The SMILES string of the molecule is CCOC(=O)C1=c2s/c(=C/c3ccc(Cl)cc3Cl)c(=O)n2[C@H](c2ccc(Cl)cc2Cl)C(C(=O)OC)=C1N. The van der Waals surface area contributed by atoms with Crippen molar-refractivity contribution in [3.63, 3.8) is 0 Å². The largest absolute Gasteiger partial charge is 0.466 e. The van der Waals surface area contributed by atoms with Crippen LogP contribution < -0.4 is 20.5 Å². The van der Waals surface area contributed by atoms with Crippen molar-refractivity contribution in [1.29, 1.82) is 0 Å². The number of carbonyl (C=O) groups excluding carboxylic acids is 2. The Morgan fingerprint density at radius 1 is 1.05 bits per heavy atom. The standard InChI is InChI=1S/C25H18Cl4N2O5S/c1-3-36-25(34)19-20(30)18(24(33)35-2)21(14-7-6-13(27)10-16(14)29)31-22(32)17(37-23(19)31)8-11-4-5-12(26)9-15(11)28/h4-10,21H,3,30H2,1-2H3/b17-8+/t21-/m1/s1. The van der Waals surface area contributed by atoms with Gasteiger partial charge in [0.1, 0.15) is 10.2 Å². The van der Waals surface area contributed by atoms with Crippen molar-refractivity contribution in [1.82, 2.24) is 4.57 Å². The molecule has 0 bridgehead atoms. The van der Waals surface area contributed by atoms with E-state index in [1.54, 1.807) is 43.3 Å². The second-order valence-electron chi connectivity index (χ2n) is 7.74. The number of nitrogens with two attached hydrogens (primary N) is 1. The van der Waals surface area contributed by atoms with Crippen LogP contribution >= 0.6 is 57.7 Å². The number of aromatic nitrogens is 1. The number of rotatable bonds is 5. The summed E-state index contributed by atoms with van der Waals surface area (Å²) in [5.41, 5.74) is 6.33. The highest BCUT2D eigenvalue weighted by atomic mass is 35.5. The lowest BCUT2D eigenvalue weighted by Crippen LogP contribution is -2.43. The van der Waals surface area contributed by atoms with Crippen molar-refractivity contribution in [2.24, 2.45) is 5.73 Å². The normalized spacial score (nSPS) is 15.6. The quantitative estimate of drug-likeness (QED) is 0.444. The molecule has 37 heavy (non-hydrogen) atoms. The van der Waals surface area contributed by atoms with Gasteiger partial charge < -0.3 is 15.2 Å². The molecular weight excluding hydrogens is 582 g/mol. The molecule has 1 aromatic heterocycles. The van der Waals surface area contributed by atoms with Gasteiger partial charge in [-0.1, -0.05) is 58.5 Å². The topological polar surface area (TPSA) is 101 Å². The van der Waals surface area contributed by atoms with E-state index in [0.29, 0.717) is 26.2 Å². The molecule has 0 saturated heterocycles. The molecule has 1 aliphatic rings. The molecule has 0 fully saturated rings. The molecule has 2 N–H and O–H groups in total. The fourth-order valence-electron chi connectivity index (χ4n) is 3.94. The van der Waals surface area contributed by atoms with Gasteiger partial charge in [-0.05, 0) is 48.4 Å². The Morgan fingerprint density at radius 3 is 2.30 bits per heavy atom. The lowest BCUT2D eigenvalue weighted by atomic mass is 9.92. The highest BCUT2D eigenvalue weighted by Gasteiger charge is 2.39. The number of benzene rings is 2. The van der Waals surface area contributed by atoms with Crippen molar-refractivity contribution in [3.8, 4) is 0 Å². The van der Waals surface area contributed by atoms with Crippen molar-refractivity contribution in [2.45, 2.75) is 13.0 Å². The number of carbonyl (C=O) groups is 2. The summed E-state index contributed by atoms with van der Waals surface area (Å²) in [4.78, 5) is 39.9. The average Bonchev–Trinajstić information content (AvgIpc) is 3.15. The molecule has 0 spiro atoms. The van der Waals surface area contributed by atoms with Crippen molar-refractivity contribution >= 4 is 81.3 Å². The maximum atomic E-state index is 13.9. The van der Waals surface area contributed by atoms with Crippen LogP contribution in [-0.4, -0.2) is 30.2 Å². The Morgan fingerprint density at radius 2 is 1.70 bits per heavy atom. The van der Waals surface area contributed by atoms with E-state index in [-0.39, 0.29) is 37.7 Å². The first-order valence-electron chi connectivity index (χ1n) is 10.7. The highest BCUT2D eigenvalue weighted by molar-refractivity contribution is 7.07. The number of fused-ring (bicyclic) bond motifs is 1. The summed E-state index contributed by atoms with van der Waals surface area (Å²) in [6.45, 7) is 1.67. The highest BCUT2D eigenvalue weighted by Crippen LogP contribution is 2.36. The van der Waals surface area contributed by atoms with Gasteiger partial charge in [-0.2, -0.15) is 0 Å². The van der Waals surface area contributed by atoms with Crippen LogP contribution in [0.4, 0.5) is 0 Å². The smallest absolute Gasteiger partial charge is 0.343 e. The van der Waals surface area contributed by atoms with Gasteiger partial charge in [0.05, 0.1) is 35.6 Å². The second kappa shape index (κ2) is 10.9. The number of ether oxygens (including phenoxy) is 2. The van der Waals surface area contributed by atoms with Crippen LogP contribution in [0.1, 0.15) is 24.1 Å². The predicted octanol–water partition coefficient (Wildman–Crippen LogP) is 4.05. The summed E-state index contributed by atoms with van der Waals surface area (Å²) in [6, 6.07) is 8.34. The molecule has 0 aliphatic carbocycles. The average molecular weight is 600 g/mol. The summed E-state index contributed by atoms with van der Waals surface area (Å²) in [7, 11) is 1.17. The van der Waals surface area contributed by atoms with Crippen LogP contribution in [-0.2, 0) is 19.1 Å². The van der Waals surface area contributed by atoms with E-state index in [9.17, 15) is 14.4 Å². The van der Waals surface area contributed by atoms with Crippen LogP contribution in [0.3, 0.4) is 0 Å². The first-order valence-corrected chi connectivity index (χ1v) is 13.0. The lowest BCUT2D eigenvalue weighted by Gasteiger charge is -2.27. The molecule has 12 heteroatoms. The van der Waals surface area contributed by atoms with E-state index in [1.165, 1.54) is 17.7 Å². The van der Waals surface area contributed by atoms with Gasteiger partial charge in [0.25, 0.3) is 5.56 Å². The lowest BCUT2D eigenvalue weighted by molar-refractivity contribution is -0.136. The van der Waals surface area contributed by atoms with Gasteiger partial charge in [-0.3, -0.25) is 9.36 Å². The Labute approximate surface area is 234 Å². The number of thiazole rings is 1. The molecule has 3 aromatic rings.